The fraction of sp³-hybridized carbons (Fsp3) is 0.423. The summed E-state index contributed by atoms with van der Waals surface area (Å²) >= 11 is 0. The van der Waals surface area contributed by atoms with Gasteiger partial charge in [-0.05, 0) is 41.2 Å². The summed E-state index contributed by atoms with van der Waals surface area (Å²) < 4.78 is 3.66. The zero-order valence-electron chi connectivity index (χ0n) is 19.7. The molecule has 5 rings (SSSR count). The summed E-state index contributed by atoms with van der Waals surface area (Å²) in [5, 5.41) is 19.3. The lowest BCUT2D eigenvalue weighted by Gasteiger charge is -2.20. The second kappa shape index (κ2) is 10.2. The van der Waals surface area contributed by atoms with Gasteiger partial charge in [0.25, 0.3) is 0 Å². The van der Waals surface area contributed by atoms with Crippen LogP contribution in [0.25, 0.3) is 22.5 Å². The standard InChI is InChI=1S/C26H31N7O/c1-2-3-13-24-29-33(21-9-5-4-6-10-21)26(34)32(24)18-19-14-16-20(17-15-19)22-11-7-8-12-23(22)25-27-30-31-28-25/h7-8,11-12,14-17,21H,2-6,9-10,13,18H2,1H3,(H,27,28,30,31). The molecule has 1 saturated carbocycles. The molecule has 2 aromatic carbocycles. The van der Waals surface area contributed by atoms with Crippen LogP contribution in [0.2, 0.25) is 0 Å². The van der Waals surface area contributed by atoms with Gasteiger partial charge in [-0.1, -0.05) is 81.1 Å². The van der Waals surface area contributed by atoms with Crippen LogP contribution in [0.4, 0.5) is 0 Å². The number of rotatable bonds is 8. The first kappa shape index (κ1) is 22.3. The topological polar surface area (TPSA) is 94.3 Å². The van der Waals surface area contributed by atoms with E-state index in [9.17, 15) is 4.79 Å². The maximum atomic E-state index is 13.4. The van der Waals surface area contributed by atoms with E-state index in [2.05, 4.69) is 57.9 Å². The van der Waals surface area contributed by atoms with Crippen molar-refractivity contribution in [1.29, 1.82) is 0 Å². The Morgan fingerprint density at radius 2 is 1.76 bits per heavy atom. The highest BCUT2D eigenvalue weighted by Gasteiger charge is 2.22. The molecule has 0 bridgehead atoms. The smallest absolute Gasteiger partial charge is 0.274 e. The first-order valence-corrected chi connectivity index (χ1v) is 12.3. The molecule has 0 aliphatic heterocycles. The van der Waals surface area contributed by atoms with Gasteiger partial charge in [0.05, 0.1) is 12.6 Å². The maximum Gasteiger partial charge on any atom is 0.346 e. The van der Waals surface area contributed by atoms with Gasteiger partial charge in [0.2, 0.25) is 5.82 Å². The zero-order valence-corrected chi connectivity index (χ0v) is 19.7. The number of aryl methyl sites for hydroxylation is 1. The van der Waals surface area contributed by atoms with Crippen molar-refractivity contribution in [2.75, 3.05) is 0 Å². The highest BCUT2D eigenvalue weighted by molar-refractivity contribution is 5.80. The Kier molecular flexibility index (Phi) is 6.65. The van der Waals surface area contributed by atoms with Gasteiger partial charge in [-0.3, -0.25) is 4.57 Å². The van der Waals surface area contributed by atoms with Gasteiger partial charge in [0.15, 0.2) is 0 Å². The first-order chi connectivity index (χ1) is 16.7. The van der Waals surface area contributed by atoms with E-state index < -0.39 is 0 Å². The predicted octanol–water partition coefficient (Wildman–Crippen LogP) is 4.79. The van der Waals surface area contributed by atoms with Gasteiger partial charge < -0.3 is 0 Å². The summed E-state index contributed by atoms with van der Waals surface area (Å²) in [6.45, 7) is 2.71. The number of aromatic amines is 1. The van der Waals surface area contributed by atoms with Crippen molar-refractivity contribution in [1.82, 2.24) is 35.0 Å². The first-order valence-electron chi connectivity index (χ1n) is 12.3. The number of unbranched alkanes of at least 4 members (excludes halogenated alkanes) is 1. The quantitative estimate of drug-likeness (QED) is 0.411. The van der Waals surface area contributed by atoms with Crippen molar-refractivity contribution >= 4 is 0 Å². The Balaban J connectivity index is 1.42. The van der Waals surface area contributed by atoms with Gasteiger partial charge in [-0.15, -0.1) is 10.2 Å². The summed E-state index contributed by atoms with van der Waals surface area (Å²) in [5.41, 5.74) is 4.16. The molecular weight excluding hydrogens is 426 g/mol. The number of hydrogen-bond acceptors (Lipinski definition) is 5. The summed E-state index contributed by atoms with van der Waals surface area (Å²) in [6, 6.07) is 16.6. The molecule has 34 heavy (non-hydrogen) atoms. The highest BCUT2D eigenvalue weighted by atomic mass is 16.2. The molecule has 1 aliphatic carbocycles. The van der Waals surface area contributed by atoms with Gasteiger partial charge in [-0.2, -0.15) is 10.3 Å². The van der Waals surface area contributed by atoms with Crippen molar-refractivity contribution in [2.24, 2.45) is 0 Å². The number of tetrazole rings is 1. The monoisotopic (exact) mass is 457 g/mol. The van der Waals surface area contributed by atoms with Crippen molar-refractivity contribution in [2.45, 2.75) is 70.9 Å². The van der Waals surface area contributed by atoms with Crippen LogP contribution in [0.15, 0.2) is 53.3 Å². The van der Waals surface area contributed by atoms with E-state index in [4.69, 9.17) is 5.10 Å². The molecule has 0 saturated heterocycles. The van der Waals surface area contributed by atoms with Crippen LogP contribution in [0.5, 0.6) is 0 Å². The van der Waals surface area contributed by atoms with E-state index in [0.29, 0.717) is 12.4 Å². The Bertz CT molecular complexity index is 1270. The Morgan fingerprint density at radius 3 is 2.47 bits per heavy atom. The van der Waals surface area contributed by atoms with Crippen molar-refractivity contribution in [3.8, 4) is 22.5 Å². The van der Waals surface area contributed by atoms with Gasteiger partial charge in [-0.25, -0.2) is 9.48 Å². The van der Waals surface area contributed by atoms with Crippen LogP contribution in [0, 0.1) is 0 Å². The van der Waals surface area contributed by atoms with E-state index >= 15 is 0 Å². The number of benzene rings is 2. The minimum atomic E-state index is 0.0320. The largest absolute Gasteiger partial charge is 0.346 e. The number of nitrogens with zero attached hydrogens (tertiary/aromatic N) is 6. The summed E-state index contributed by atoms with van der Waals surface area (Å²) in [4.78, 5) is 13.4. The summed E-state index contributed by atoms with van der Waals surface area (Å²) in [7, 11) is 0. The third-order valence-electron chi connectivity index (χ3n) is 6.76. The predicted molar refractivity (Wildman–Crippen MR) is 131 cm³/mol. The number of H-pyrrole nitrogens is 1. The lowest BCUT2D eigenvalue weighted by molar-refractivity contribution is 0.319. The molecule has 2 aromatic heterocycles. The molecule has 0 radical (unpaired) electrons. The minimum Gasteiger partial charge on any atom is -0.274 e. The highest BCUT2D eigenvalue weighted by Crippen LogP contribution is 2.30. The molecule has 176 valence electrons. The van der Waals surface area contributed by atoms with E-state index in [0.717, 1.165) is 60.2 Å². The zero-order chi connectivity index (χ0) is 23.3. The number of hydrogen-bond donors (Lipinski definition) is 1. The van der Waals surface area contributed by atoms with Crippen molar-refractivity contribution in [3.63, 3.8) is 0 Å². The molecule has 2 heterocycles. The van der Waals surface area contributed by atoms with Gasteiger partial charge in [0, 0.05) is 12.0 Å². The van der Waals surface area contributed by atoms with Crippen LogP contribution >= 0.6 is 0 Å². The molecule has 0 amide bonds. The summed E-state index contributed by atoms with van der Waals surface area (Å²) in [5.74, 6) is 1.48. The normalized spacial score (nSPS) is 14.5. The van der Waals surface area contributed by atoms with Crippen LogP contribution in [-0.2, 0) is 13.0 Å². The van der Waals surface area contributed by atoms with E-state index in [1.165, 1.54) is 19.3 Å². The molecule has 1 aliphatic rings. The fourth-order valence-electron chi connectivity index (χ4n) is 4.88. The van der Waals surface area contributed by atoms with Gasteiger partial charge in [0.1, 0.15) is 5.82 Å². The lowest BCUT2D eigenvalue weighted by atomic mass is 9.96. The molecule has 4 aromatic rings. The molecule has 1 fully saturated rings. The second-order valence-corrected chi connectivity index (χ2v) is 9.10. The maximum absolute atomic E-state index is 13.4. The van der Waals surface area contributed by atoms with E-state index in [-0.39, 0.29) is 11.7 Å². The van der Waals surface area contributed by atoms with Crippen LogP contribution in [0.3, 0.4) is 0 Å². The van der Waals surface area contributed by atoms with Crippen LogP contribution < -0.4 is 5.69 Å². The van der Waals surface area contributed by atoms with Crippen LogP contribution in [0.1, 0.15) is 69.3 Å². The van der Waals surface area contributed by atoms with Crippen LogP contribution in [-0.4, -0.2) is 35.0 Å². The average Bonchev–Trinajstić information content (AvgIpc) is 3.53. The fourth-order valence-corrected chi connectivity index (χ4v) is 4.88. The molecule has 0 spiro atoms. The number of aromatic nitrogens is 7. The third-order valence-corrected chi connectivity index (χ3v) is 6.76. The molecule has 0 atom stereocenters. The van der Waals surface area contributed by atoms with E-state index in [1.807, 2.05) is 22.8 Å². The Hall–Kier alpha value is -3.55. The summed E-state index contributed by atoms with van der Waals surface area (Å²) in [6.07, 6.45) is 8.68. The minimum absolute atomic E-state index is 0.0320. The van der Waals surface area contributed by atoms with Crippen molar-refractivity contribution < 1.29 is 0 Å². The third kappa shape index (κ3) is 4.58. The van der Waals surface area contributed by atoms with Crippen molar-refractivity contribution in [3.05, 3.63) is 70.4 Å². The molecule has 8 heteroatoms. The van der Waals surface area contributed by atoms with Gasteiger partial charge >= 0.3 is 5.69 Å². The Labute approximate surface area is 199 Å². The second-order valence-electron chi connectivity index (χ2n) is 9.10. The number of nitrogens with one attached hydrogen (secondary N) is 1. The molecule has 1 N–H and O–H groups in total. The molecule has 8 nitrogen and oxygen atoms in total. The van der Waals surface area contributed by atoms with E-state index in [1.54, 1.807) is 4.68 Å². The lowest BCUT2D eigenvalue weighted by Crippen LogP contribution is -2.30. The molecule has 0 unspecified atom stereocenters. The molecular formula is C26H31N7O. The average molecular weight is 458 g/mol. The Morgan fingerprint density at radius 1 is 1.00 bits per heavy atom. The SMILES string of the molecule is CCCCc1nn(C2CCCCC2)c(=O)n1Cc1ccc(-c2ccccc2-c2nn[nH]n2)cc1.